The SMILES string of the molecule is CN1CC(=O)N(CCCC(=O)N2CCCC2C(=O)Nc2cc(Cl)cc(Cl)c2)C1=O. The molecule has 0 radical (unpaired) electrons. The zero-order valence-corrected chi connectivity index (χ0v) is 17.5. The molecule has 2 fully saturated rings. The molecule has 10 heteroatoms. The summed E-state index contributed by atoms with van der Waals surface area (Å²) >= 11 is 11.9. The highest BCUT2D eigenvalue weighted by molar-refractivity contribution is 6.35. The van der Waals surface area contributed by atoms with Crippen molar-refractivity contribution >= 4 is 52.6 Å². The number of benzene rings is 1. The molecule has 1 atom stereocenters. The molecule has 0 aliphatic carbocycles. The lowest BCUT2D eigenvalue weighted by molar-refractivity contribution is -0.137. The number of carbonyl (C=O) groups excluding carboxylic acids is 4. The van der Waals surface area contributed by atoms with Crippen LogP contribution in [-0.4, -0.2) is 71.2 Å². The highest BCUT2D eigenvalue weighted by Crippen LogP contribution is 2.25. The number of nitrogens with one attached hydrogen (secondary N) is 1. The van der Waals surface area contributed by atoms with Gasteiger partial charge in [0.1, 0.15) is 12.6 Å². The summed E-state index contributed by atoms with van der Waals surface area (Å²) in [4.78, 5) is 53.0. The molecule has 8 nitrogen and oxygen atoms in total. The van der Waals surface area contributed by atoms with Gasteiger partial charge >= 0.3 is 6.03 Å². The number of likely N-dealkylation sites (tertiary alicyclic amines) is 1. The number of imide groups is 1. The Morgan fingerprint density at radius 3 is 2.48 bits per heavy atom. The number of halogens is 2. The third kappa shape index (κ3) is 5.00. The third-order valence-corrected chi connectivity index (χ3v) is 5.45. The van der Waals surface area contributed by atoms with Crippen LogP contribution in [0.4, 0.5) is 10.5 Å². The number of nitrogens with zero attached hydrogens (tertiary/aromatic N) is 3. The minimum Gasteiger partial charge on any atom is -0.331 e. The molecule has 1 N–H and O–H groups in total. The molecule has 0 saturated carbocycles. The quantitative estimate of drug-likeness (QED) is 0.688. The van der Waals surface area contributed by atoms with E-state index >= 15 is 0 Å². The lowest BCUT2D eigenvalue weighted by atomic mass is 10.2. The number of likely N-dealkylation sites (N-methyl/N-ethyl adjacent to an activating group) is 1. The van der Waals surface area contributed by atoms with E-state index in [0.29, 0.717) is 35.1 Å². The number of amides is 5. The molecule has 1 aromatic carbocycles. The molecular weight excluding hydrogens is 419 g/mol. The van der Waals surface area contributed by atoms with Gasteiger partial charge in [-0.05, 0) is 37.5 Å². The fourth-order valence-electron chi connectivity index (χ4n) is 3.61. The van der Waals surface area contributed by atoms with Crippen LogP contribution in [0.2, 0.25) is 10.0 Å². The second-order valence-corrected chi connectivity index (χ2v) is 8.05. The van der Waals surface area contributed by atoms with Gasteiger partial charge in [0.25, 0.3) is 0 Å². The van der Waals surface area contributed by atoms with E-state index in [-0.39, 0.29) is 43.3 Å². The Bertz CT molecular complexity index is 827. The van der Waals surface area contributed by atoms with Crippen molar-refractivity contribution in [1.82, 2.24) is 14.7 Å². The second kappa shape index (κ2) is 9.00. The molecule has 2 heterocycles. The van der Waals surface area contributed by atoms with E-state index in [2.05, 4.69) is 5.32 Å². The molecular formula is C19H22Cl2N4O4. The van der Waals surface area contributed by atoms with Crippen LogP contribution in [0.1, 0.15) is 25.7 Å². The third-order valence-electron chi connectivity index (χ3n) is 5.01. The Morgan fingerprint density at radius 2 is 1.86 bits per heavy atom. The van der Waals surface area contributed by atoms with E-state index in [4.69, 9.17) is 23.2 Å². The van der Waals surface area contributed by atoms with E-state index in [9.17, 15) is 19.2 Å². The lowest BCUT2D eigenvalue weighted by Gasteiger charge is -2.24. The van der Waals surface area contributed by atoms with Crippen molar-refractivity contribution in [2.45, 2.75) is 31.7 Å². The van der Waals surface area contributed by atoms with E-state index in [1.807, 2.05) is 0 Å². The predicted molar refractivity (Wildman–Crippen MR) is 109 cm³/mol. The first-order chi connectivity index (χ1) is 13.8. The van der Waals surface area contributed by atoms with Crippen molar-refractivity contribution in [3.63, 3.8) is 0 Å². The van der Waals surface area contributed by atoms with Gasteiger partial charge in [-0.15, -0.1) is 0 Å². The number of carbonyl (C=O) groups is 4. The van der Waals surface area contributed by atoms with Crippen LogP contribution in [0.3, 0.4) is 0 Å². The van der Waals surface area contributed by atoms with E-state index < -0.39 is 6.04 Å². The standard InChI is InChI=1S/C19H22Cl2N4O4/c1-23-11-17(27)25(19(23)29)7-3-5-16(26)24-6-2-4-15(24)18(28)22-14-9-12(20)8-13(21)10-14/h8-10,15H,2-7,11H2,1H3,(H,22,28). The topological polar surface area (TPSA) is 90.0 Å². The van der Waals surface area contributed by atoms with Gasteiger partial charge in [-0.3, -0.25) is 19.3 Å². The van der Waals surface area contributed by atoms with Crippen molar-refractivity contribution in [2.24, 2.45) is 0 Å². The Hall–Kier alpha value is -2.32. The molecule has 29 heavy (non-hydrogen) atoms. The van der Waals surface area contributed by atoms with Crippen molar-refractivity contribution in [2.75, 3.05) is 32.0 Å². The summed E-state index contributed by atoms with van der Waals surface area (Å²) in [5.41, 5.74) is 0.474. The summed E-state index contributed by atoms with van der Waals surface area (Å²) in [5, 5.41) is 3.58. The van der Waals surface area contributed by atoms with Crippen molar-refractivity contribution in [1.29, 1.82) is 0 Å². The van der Waals surface area contributed by atoms with Gasteiger partial charge in [0.15, 0.2) is 0 Å². The van der Waals surface area contributed by atoms with Crippen molar-refractivity contribution < 1.29 is 19.2 Å². The summed E-state index contributed by atoms with van der Waals surface area (Å²) in [6.45, 7) is 0.756. The molecule has 3 rings (SSSR count). The van der Waals surface area contributed by atoms with Crippen LogP contribution >= 0.6 is 23.2 Å². The molecule has 5 amide bonds. The first-order valence-corrected chi connectivity index (χ1v) is 10.1. The summed E-state index contributed by atoms with van der Waals surface area (Å²) in [5.74, 6) is -0.719. The maximum absolute atomic E-state index is 12.7. The van der Waals surface area contributed by atoms with Crippen molar-refractivity contribution in [3.8, 4) is 0 Å². The van der Waals surface area contributed by atoms with Gasteiger partial charge in [0.05, 0.1) is 0 Å². The Morgan fingerprint density at radius 1 is 1.17 bits per heavy atom. The van der Waals surface area contributed by atoms with Crippen LogP contribution in [0.15, 0.2) is 18.2 Å². The smallest absolute Gasteiger partial charge is 0.326 e. The van der Waals surface area contributed by atoms with Crippen LogP contribution in [0.5, 0.6) is 0 Å². The van der Waals surface area contributed by atoms with Crippen LogP contribution in [0.25, 0.3) is 0 Å². The van der Waals surface area contributed by atoms with Crippen LogP contribution < -0.4 is 5.32 Å². The van der Waals surface area contributed by atoms with Crippen LogP contribution in [0, 0.1) is 0 Å². The minimum atomic E-state index is -0.568. The fraction of sp³-hybridized carbons (Fsp3) is 0.474. The highest BCUT2D eigenvalue weighted by atomic mass is 35.5. The second-order valence-electron chi connectivity index (χ2n) is 7.18. The van der Waals surface area contributed by atoms with Gasteiger partial charge in [-0.25, -0.2) is 4.79 Å². The summed E-state index contributed by atoms with van der Waals surface area (Å²) < 4.78 is 0. The summed E-state index contributed by atoms with van der Waals surface area (Å²) in [6.07, 6.45) is 1.82. The summed E-state index contributed by atoms with van der Waals surface area (Å²) in [6, 6.07) is 3.83. The number of rotatable bonds is 6. The number of urea groups is 1. The average molecular weight is 441 g/mol. The molecule has 0 bridgehead atoms. The Labute approximate surface area is 178 Å². The first kappa shape index (κ1) is 21.4. The molecule has 0 aromatic heterocycles. The zero-order chi connectivity index (χ0) is 21.1. The van der Waals surface area contributed by atoms with Gasteiger partial charge in [0.2, 0.25) is 17.7 Å². The average Bonchev–Trinajstić information content (AvgIpc) is 3.21. The number of anilines is 1. The molecule has 0 spiro atoms. The van der Waals surface area contributed by atoms with Gasteiger partial charge < -0.3 is 15.1 Å². The molecule has 2 saturated heterocycles. The number of hydrogen-bond donors (Lipinski definition) is 1. The maximum Gasteiger partial charge on any atom is 0.326 e. The van der Waals surface area contributed by atoms with Gasteiger partial charge in [0, 0.05) is 42.3 Å². The Balaban J connectivity index is 1.54. The van der Waals surface area contributed by atoms with Crippen molar-refractivity contribution in [3.05, 3.63) is 28.2 Å². The van der Waals surface area contributed by atoms with Gasteiger partial charge in [-0.1, -0.05) is 23.2 Å². The molecule has 156 valence electrons. The molecule has 1 unspecified atom stereocenters. The number of hydrogen-bond acceptors (Lipinski definition) is 4. The lowest BCUT2D eigenvalue weighted by Crippen LogP contribution is -2.43. The monoisotopic (exact) mass is 440 g/mol. The minimum absolute atomic E-state index is 0.0642. The van der Waals surface area contributed by atoms with E-state index in [1.54, 1.807) is 30.1 Å². The highest BCUT2D eigenvalue weighted by Gasteiger charge is 2.35. The normalized spacial score (nSPS) is 19.3. The van der Waals surface area contributed by atoms with Gasteiger partial charge in [-0.2, -0.15) is 0 Å². The molecule has 2 aliphatic heterocycles. The molecule has 2 aliphatic rings. The largest absolute Gasteiger partial charge is 0.331 e. The Kier molecular flexibility index (Phi) is 6.64. The fourth-order valence-corrected chi connectivity index (χ4v) is 4.14. The van der Waals surface area contributed by atoms with Crippen LogP contribution in [-0.2, 0) is 14.4 Å². The maximum atomic E-state index is 12.7. The zero-order valence-electron chi connectivity index (χ0n) is 16.0. The predicted octanol–water partition coefficient (Wildman–Crippen LogP) is 2.60. The first-order valence-electron chi connectivity index (χ1n) is 9.38. The van der Waals surface area contributed by atoms with E-state index in [0.717, 1.165) is 11.3 Å². The summed E-state index contributed by atoms with van der Waals surface area (Å²) in [7, 11) is 1.56. The molecule has 1 aromatic rings. The van der Waals surface area contributed by atoms with E-state index in [1.165, 1.54) is 4.90 Å².